The molecule has 0 amide bonds. The minimum atomic E-state index is -3.86. The van der Waals surface area contributed by atoms with Gasteiger partial charge in [0.15, 0.2) is 0 Å². The van der Waals surface area contributed by atoms with E-state index in [0.29, 0.717) is 28.1 Å². The van der Waals surface area contributed by atoms with Crippen LogP contribution in [0.4, 0.5) is 11.4 Å². The molecule has 0 spiro atoms. The summed E-state index contributed by atoms with van der Waals surface area (Å²) in [5.41, 5.74) is 2.47. The molecule has 0 aliphatic rings. The highest BCUT2D eigenvalue weighted by molar-refractivity contribution is 7.93. The van der Waals surface area contributed by atoms with Gasteiger partial charge in [-0.15, -0.1) is 0 Å². The maximum Gasteiger partial charge on any atom is 0.262 e. The Morgan fingerprint density at radius 1 is 0.920 bits per heavy atom. The van der Waals surface area contributed by atoms with Gasteiger partial charge in [0.2, 0.25) is 10.0 Å². The van der Waals surface area contributed by atoms with Crippen LogP contribution in [0.1, 0.15) is 16.7 Å². The van der Waals surface area contributed by atoms with Crippen molar-refractivity contribution in [3.05, 3.63) is 53.1 Å². The highest BCUT2D eigenvalue weighted by Crippen LogP contribution is 2.34. The molecule has 6 nitrogen and oxygen atoms in total. The summed E-state index contributed by atoms with van der Waals surface area (Å²) in [7, 11) is -5.96. The molecule has 136 valence electrons. The van der Waals surface area contributed by atoms with Gasteiger partial charge in [0.25, 0.3) is 10.0 Å². The molecular weight excluding hydrogens is 360 g/mol. The van der Waals surface area contributed by atoms with E-state index in [9.17, 15) is 16.8 Å². The van der Waals surface area contributed by atoms with Crippen LogP contribution >= 0.6 is 0 Å². The summed E-state index contributed by atoms with van der Waals surface area (Å²) < 4.78 is 53.3. The number of rotatable bonds is 5. The van der Waals surface area contributed by atoms with Gasteiger partial charge in [-0.05, 0) is 49.6 Å². The molecule has 0 heterocycles. The molecule has 0 saturated heterocycles. The van der Waals surface area contributed by atoms with Crippen molar-refractivity contribution in [3.63, 3.8) is 0 Å². The maximum atomic E-state index is 12.9. The lowest BCUT2D eigenvalue weighted by atomic mass is 10.1. The predicted octanol–water partition coefficient (Wildman–Crippen LogP) is 2.81. The van der Waals surface area contributed by atoms with E-state index >= 15 is 0 Å². The Morgan fingerprint density at radius 2 is 1.48 bits per heavy atom. The van der Waals surface area contributed by atoms with E-state index in [-0.39, 0.29) is 4.90 Å². The number of benzene rings is 2. The zero-order chi connectivity index (χ0) is 19.0. The second-order valence-corrected chi connectivity index (χ2v) is 9.65. The molecule has 2 rings (SSSR count). The highest BCUT2D eigenvalue weighted by Gasteiger charge is 2.26. The van der Waals surface area contributed by atoms with Crippen molar-refractivity contribution >= 4 is 31.4 Å². The van der Waals surface area contributed by atoms with Gasteiger partial charge < -0.3 is 0 Å². The lowest BCUT2D eigenvalue weighted by Crippen LogP contribution is -2.27. The van der Waals surface area contributed by atoms with Gasteiger partial charge >= 0.3 is 0 Å². The average molecular weight is 383 g/mol. The summed E-state index contributed by atoms with van der Waals surface area (Å²) in [5.74, 6) is 0. The first-order chi connectivity index (χ1) is 11.4. The summed E-state index contributed by atoms with van der Waals surface area (Å²) >= 11 is 0. The van der Waals surface area contributed by atoms with Gasteiger partial charge in [-0.25, -0.2) is 16.8 Å². The Bertz CT molecular complexity index is 999. The monoisotopic (exact) mass is 382 g/mol. The molecule has 2 aromatic carbocycles. The van der Waals surface area contributed by atoms with Gasteiger partial charge in [-0.3, -0.25) is 9.03 Å². The zero-order valence-electron chi connectivity index (χ0n) is 14.9. The van der Waals surface area contributed by atoms with Crippen LogP contribution in [0.25, 0.3) is 0 Å². The smallest absolute Gasteiger partial charge is 0.262 e. The number of anilines is 2. The number of nitrogens with one attached hydrogen (secondary N) is 1. The van der Waals surface area contributed by atoms with Crippen molar-refractivity contribution in [3.8, 4) is 0 Å². The first kappa shape index (κ1) is 19.3. The van der Waals surface area contributed by atoms with Crippen LogP contribution in [-0.4, -0.2) is 30.1 Å². The molecule has 1 N–H and O–H groups in total. The minimum absolute atomic E-state index is 0.0902. The van der Waals surface area contributed by atoms with Gasteiger partial charge in [0.05, 0.1) is 16.8 Å². The van der Waals surface area contributed by atoms with Crippen LogP contribution in [-0.2, 0) is 20.0 Å². The molecular formula is C17H22N2O4S2. The van der Waals surface area contributed by atoms with Crippen molar-refractivity contribution < 1.29 is 16.8 Å². The zero-order valence-corrected chi connectivity index (χ0v) is 16.5. The third-order valence-electron chi connectivity index (χ3n) is 3.97. The summed E-state index contributed by atoms with van der Waals surface area (Å²) in [5, 5.41) is 0. The summed E-state index contributed by atoms with van der Waals surface area (Å²) in [6.45, 7) is 5.08. The Labute approximate surface area is 149 Å². The molecule has 8 heteroatoms. The summed E-state index contributed by atoms with van der Waals surface area (Å²) in [6, 6.07) is 10.2. The van der Waals surface area contributed by atoms with Crippen LogP contribution in [0.15, 0.2) is 41.3 Å². The first-order valence-electron chi connectivity index (χ1n) is 7.57. The molecule has 0 aliphatic heterocycles. The van der Waals surface area contributed by atoms with Crippen molar-refractivity contribution in [2.75, 3.05) is 22.3 Å². The Balaban J connectivity index is 2.66. The molecule has 0 bridgehead atoms. The lowest BCUT2D eigenvalue weighted by Gasteiger charge is -2.24. The van der Waals surface area contributed by atoms with Crippen molar-refractivity contribution in [1.29, 1.82) is 0 Å². The van der Waals surface area contributed by atoms with E-state index in [0.717, 1.165) is 10.6 Å². The van der Waals surface area contributed by atoms with Crippen LogP contribution in [0.2, 0.25) is 0 Å². The third-order valence-corrected chi connectivity index (χ3v) is 6.82. The standard InChI is InChI=1S/C17H22N2O4S2/c1-12-11-13(2)17(14(3)16(12)19(4)24(5,20)21)25(22,23)18-15-9-7-6-8-10-15/h6-11,18H,1-5H3. The van der Waals surface area contributed by atoms with Gasteiger partial charge in [-0.1, -0.05) is 24.3 Å². The van der Waals surface area contributed by atoms with E-state index < -0.39 is 20.0 Å². The topological polar surface area (TPSA) is 83.6 Å². The fraction of sp³-hybridized carbons (Fsp3) is 0.294. The molecule has 0 fully saturated rings. The molecule has 0 saturated carbocycles. The number of sulfonamides is 2. The summed E-state index contributed by atoms with van der Waals surface area (Å²) in [4.78, 5) is 0.0902. The minimum Gasteiger partial charge on any atom is -0.280 e. The van der Waals surface area contributed by atoms with Crippen LogP contribution in [0.5, 0.6) is 0 Å². The quantitative estimate of drug-likeness (QED) is 0.862. The van der Waals surface area contributed by atoms with Crippen LogP contribution in [0.3, 0.4) is 0 Å². The van der Waals surface area contributed by atoms with Crippen molar-refractivity contribution in [2.45, 2.75) is 25.7 Å². The molecule has 0 aromatic heterocycles. The van der Waals surface area contributed by atoms with Crippen LogP contribution < -0.4 is 9.03 Å². The predicted molar refractivity (Wildman–Crippen MR) is 101 cm³/mol. The highest BCUT2D eigenvalue weighted by atomic mass is 32.2. The van der Waals surface area contributed by atoms with E-state index in [1.807, 2.05) is 0 Å². The SMILES string of the molecule is Cc1cc(C)c(S(=O)(=O)Nc2ccccc2)c(C)c1N(C)S(C)(=O)=O. The second-order valence-electron chi connectivity index (χ2n) is 6.02. The van der Waals surface area contributed by atoms with E-state index in [4.69, 9.17) is 0 Å². The molecule has 2 aromatic rings. The fourth-order valence-corrected chi connectivity index (χ4v) is 5.08. The van der Waals surface area contributed by atoms with Crippen LogP contribution in [0, 0.1) is 20.8 Å². The molecule has 25 heavy (non-hydrogen) atoms. The Hall–Kier alpha value is -2.06. The fourth-order valence-electron chi connectivity index (χ4n) is 2.93. The van der Waals surface area contributed by atoms with E-state index in [1.54, 1.807) is 57.2 Å². The first-order valence-corrected chi connectivity index (χ1v) is 10.9. The molecule has 0 unspecified atom stereocenters. The van der Waals surface area contributed by atoms with Crippen molar-refractivity contribution in [2.24, 2.45) is 0 Å². The number of nitrogens with zero attached hydrogens (tertiary/aromatic N) is 1. The number of hydrogen-bond donors (Lipinski definition) is 1. The van der Waals surface area contributed by atoms with Crippen molar-refractivity contribution in [1.82, 2.24) is 0 Å². The third kappa shape index (κ3) is 3.96. The number of para-hydroxylation sites is 1. The van der Waals surface area contributed by atoms with Gasteiger partial charge in [0, 0.05) is 12.7 Å². The second kappa shape index (κ2) is 6.68. The average Bonchev–Trinajstić information content (AvgIpc) is 2.45. The van der Waals surface area contributed by atoms with E-state index in [1.165, 1.54) is 7.05 Å². The number of aryl methyl sites for hydroxylation is 2. The number of hydrogen-bond acceptors (Lipinski definition) is 4. The largest absolute Gasteiger partial charge is 0.280 e. The molecule has 0 atom stereocenters. The lowest BCUT2D eigenvalue weighted by molar-refractivity contribution is 0.596. The Kier molecular flexibility index (Phi) is 5.15. The normalized spacial score (nSPS) is 12.0. The van der Waals surface area contributed by atoms with E-state index in [2.05, 4.69) is 4.72 Å². The maximum absolute atomic E-state index is 12.9. The Morgan fingerprint density at radius 3 is 2.00 bits per heavy atom. The molecule has 0 radical (unpaired) electrons. The van der Waals surface area contributed by atoms with Gasteiger partial charge in [-0.2, -0.15) is 0 Å². The molecule has 0 aliphatic carbocycles. The van der Waals surface area contributed by atoms with Gasteiger partial charge in [0.1, 0.15) is 0 Å². The summed E-state index contributed by atoms with van der Waals surface area (Å²) in [6.07, 6.45) is 1.09.